The van der Waals surface area contributed by atoms with Crippen LogP contribution in [0.5, 0.6) is 5.75 Å². The van der Waals surface area contributed by atoms with Crippen LogP contribution in [0.25, 0.3) is 11.1 Å². The summed E-state index contributed by atoms with van der Waals surface area (Å²) in [7, 11) is 0. The summed E-state index contributed by atoms with van der Waals surface area (Å²) in [6.45, 7) is 3.37. The lowest BCUT2D eigenvalue weighted by molar-refractivity contribution is -0.140. The predicted molar refractivity (Wildman–Crippen MR) is 119 cm³/mol. The predicted octanol–water partition coefficient (Wildman–Crippen LogP) is 3.34. The first kappa shape index (κ1) is 21.3. The van der Waals surface area contributed by atoms with Gasteiger partial charge in [-0.25, -0.2) is 4.39 Å². The molecule has 0 bridgehead atoms. The molecule has 7 heteroatoms. The van der Waals surface area contributed by atoms with Crippen LogP contribution < -0.4 is 10.1 Å². The number of hydrogen-bond donors (Lipinski definition) is 1. The first-order valence-electron chi connectivity index (χ1n) is 11.7. The summed E-state index contributed by atoms with van der Waals surface area (Å²) in [5.41, 5.74) is 1.92. The van der Waals surface area contributed by atoms with Gasteiger partial charge in [-0.05, 0) is 31.0 Å². The number of pyridine rings is 1. The second-order valence-electron chi connectivity index (χ2n) is 9.03. The number of carbonyl (C=O) groups excluding carboxylic acids is 1. The van der Waals surface area contributed by atoms with E-state index >= 15 is 0 Å². The number of amides is 1. The Kier molecular flexibility index (Phi) is 6.11. The van der Waals surface area contributed by atoms with Gasteiger partial charge in [0.05, 0.1) is 19.8 Å². The maximum absolute atomic E-state index is 14.3. The van der Waals surface area contributed by atoms with E-state index in [9.17, 15) is 9.18 Å². The summed E-state index contributed by atoms with van der Waals surface area (Å²) in [6, 6.07) is 6.75. The number of ether oxygens (including phenoxy) is 2. The molecule has 2 aliphatic heterocycles. The molecule has 1 aliphatic carbocycles. The van der Waals surface area contributed by atoms with Crippen molar-refractivity contribution in [1.29, 1.82) is 0 Å². The van der Waals surface area contributed by atoms with E-state index in [1.54, 1.807) is 12.4 Å². The van der Waals surface area contributed by atoms with E-state index in [-0.39, 0.29) is 17.8 Å². The number of nitrogens with zero attached hydrogens (tertiary/aromatic N) is 2. The summed E-state index contributed by atoms with van der Waals surface area (Å²) in [5.74, 6) is 0.501. The number of benzene rings is 1. The molecular formula is C25H30FN3O3. The van der Waals surface area contributed by atoms with Crippen LogP contribution in [0.3, 0.4) is 0 Å². The van der Waals surface area contributed by atoms with E-state index in [2.05, 4.69) is 15.2 Å². The quantitative estimate of drug-likeness (QED) is 0.774. The van der Waals surface area contributed by atoms with Gasteiger partial charge in [-0.15, -0.1) is 0 Å². The molecule has 32 heavy (non-hydrogen) atoms. The van der Waals surface area contributed by atoms with Crippen molar-refractivity contribution in [2.75, 3.05) is 32.8 Å². The second-order valence-corrected chi connectivity index (χ2v) is 9.03. The molecule has 6 nitrogen and oxygen atoms in total. The van der Waals surface area contributed by atoms with Crippen LogP contribution in [0.15, 0.2) is 36.7 Å². The third-order valence-corrected chi connectivity index (χ3v) is 7.05. The topological polar surface area (TPSA) is 63.7 Å². The highest BCUT2D eigenvalue weighted by Gasteiger charge is 2.45. The maximum atomic E-state index is 14.3. The Hall–Kier alpha value is -2.51. The molecule has 1 aromatic carbocycles. The highest BCUT2D eigenvalue weighted by Crippen LogP contribution is 2.39. The number of halogens is 1. The van der Waals surface area contributed by atoms with Gasteiger partial charge in [-0.1, -0.05) is 25.3 Å². The van der Waals surface area contributed by atoms with Crippen LogP contribution >= 0.6 is 0 Å². The Labute approximate surface area is 188 Å². The van der Waals surface area contributed by atoms with Crippen LogP contribution in [0.4, 0.5) is 4.39 Å². The molecule has 3 heterocycles. The monoisotopic (exact) mass is 439 g/mol. The average Bonchev–Trinajstić information content (AvgIpc) is 3.26. The summed E-state index contributed by atoms with van der Waals surface area (Å²) in [5, 5.41) is 3.19. The molecule has 0 spiro atoms. The Morgan fingerprint density at radius 3 is 2.78 bits per heavy atom. The first-order valence-corrected chi connectivity index (χ1v) is 11.7. The SMILES string of the molecule is O=C(NC[C@@H]1Cc2cc(F)cc(-c3cccnc3)c2O1)C1(N2CCOCC2)CCCCC1. The van der Waals surface area contributed by atoms with Crippen LogP contribution in [-0.2, 0) is 16.0 Å². The van der Waals surface area contributed by atoms with Crippen molar-refractivity contribution in [3.63, 3.8) is 0 Å². The highest BCUT2D eigenvalue weighted by molar-refractivity contribution is 5.86. The van der Waals surface area contributed by atoms with E-state index in [1.165, 1.54) is 18.6 Å². The van der Waals surface area contributed by atoms with E-state index in [0.717, 1.165) is 49.9 Å². The molecule has 1 amide bonds. The van der Waals surface area contributed by atoms with E-state index < -0.39 is 5.54 Å². The molecule has 0 radical (unpaired) electrons. The molecule has 1 aromatic heterocycles. The number of nitrogens with one attached hydrogen (secondary N) is 1. The highest BCUT2D eigenvalue weighted by atomic mass is 19.1. The number of hydrogen-bond acceptors (Lipinski definition) is 5. The van der Waals surface area contributed by atoms with Crippen molar-refractivity contribution >= 4 is 5.91 Å². The van der Waals surface area contributed by atoms with Gasteiger partial charge in [-0.3, -0.25) is 14.7 Å². The molecule has 1 atom stereocenters. The number of morpholine rings is 1. The zero-order valence-corrected chi connectivity index (χ0v) is 18.3. The van der Waals surface area contributed by atoms with E-state index in [1.807, 2.05) is 12.1 Å². The van der Waals surface area contributed by atoms with E-state index in [4.69, 9.17) is 9.47 Å². The van der Waals surface area contributed by atoms with Crippen molar-refractivity contribution in [3.05, 3.63) is 48.0 Å². The molecule has 1 saturated heterocycles. The summed E-state index contributed by atoms with van der Waals surface area (Å²) >= 11 is 0. The van der Waals surface area contributed by atoms with Gasteiger partial charge in [0.1, 0.15) is 23.2 Å². The molecule has 2 aromatic rings. The molecule has 1 N–H and O–H groups in total. The Morgan fingerprint density at radius 2 is 2.03 bits per heavy atom. The lowest BCUT2D eigenvalue weighted by Crippen LogP contribution is -2.62. The van der Waals surface area contributed by atoms with Crippen molar-refractivity contribution in [3.8, 4) is 16.9 Å². The average molecular weight is 440 g/mol. The van der Waals surface area contributed by atoms with Crippen LogP contribution in [0, 0.1) is 5.82 Å². The fourth-order valence-corrected chi connectivity index (χ4v) is 5.43. The molecule has 1 saturated carbocycles. The molecule has 170 valence electrons. The standard InChI is InChI=1S/C25H30FN3O3/c26-20-13-19-14-21(32-23(19)22(15-20)18-5-4-8-27-16-18)17-28-24(30)25(6-2-1-3-7-25)29-9-11-31-12-10-29/h4-5,8,13,15-16,21H,1-3,6-7,9-12,14,17H2,(H,28,30)/t21-/m0/s1. The van der Waals surface area contributed by atoms with Crippen LogP contribution in [0.1, 0.15) is 37.7 Å². The summed E-state index contributed by atoms with van der Waals surface area (Å²) < 4.78 is 26.0. The Bertz CT molecular complexity index is 956. The van der Waals surface area contributed by atoms with Gasteiger partial charge in [0.15, 0.2) is 0 Å². The van der Waals surface area contributed by atoms with Gasteiger partial charge in [0.25, 0.3) is 0 Å². The minimum Gasteiger partial charge on any atom is -0.487 e. The fraction of sp³-hybridized carbons (Fsp3) is 0.520. The number of carbonyl (C=O) groups is 1. The summed E-state index contributed by atoms with van der Waals surface area (Å²) in [4.78, 5) is 19.9. The van der Waals surface area contributed by atoms with Crippen molar-refractivity contribution < 1.29 is 18.7 Å². The lowest BCUT2D eigenvalue weighted by atomic mass is 9.79. The largest absolute Gasteiger partial charge is 0.487 e. The zero-order chi connectivity index (χ0) is 22.0. The maximum Gasteiger partial charge on any atom is 0.240 e. The van der Waals surface area contributed by atoms with Crippen LogP contribution in [-0.4, -0.2) is 60.3 Å². The second kappa shape index (κ2) is 9.16. The lowest BCUT2D eigenvalue weighted by Gasteiger charge is -2.46. The molecule has 3 aliphatic rings. The smallest absolute Gasteiger partial charge is 0.240 e. The molecular weight excluding hydrogens is 409 g/mol. The van der Waals surface area contributed by atoms with E-state index in [0.29, 0.717) is 37.5 Å². The minimum atomic E-state index is -0.444. The molecule has 2 fully saturated rings. The van der Waals surface area contributed by atoms with Gasteiger partial charge >= 0.3 is 0 Å². The van der Waals surface area contributed by atoms with Gasteiger partial charge < -0.3 is 14.8 Å². The number of rotatable bonds is 5. The van der Waals surface area contributed by atoms with Gasteiger partial charge in [0, 0.05) is 48.6 Å². The molecule has 5 rings (SSSR count). The van der Waals surface area contributed by atoms with Crippen molar-refractivity contribution in [2.45, 2.75) is 50.2 Å². The van der Waals surface area contributed by atoms with Crippen LogP contribution in [0.2, 0.25) is 0 Å². The van der Waals surface area contributed by atoms with Crippen molar-refractivity contribution in [1.82, 2.24) is 15.2 Å². The normalized spacial score (nSPS) is 22.7. The molecule has 0 unspecified atom stereocenters. The third kappa shape index (κ3) is 4.11. The third-order valence-electron chi connectivity index (χ3n) is 7.05. The Balaban J connectivity index is 1.29. The van der Waals surface area contributed by atoms with Gasteiger partial charge in [-0.2, -0.15) is 0 Å². The minimum absolute atomic E-state index is 0.0947. The Morgan fingerprint density at radius 1 is 1.22 bits per heavy atom. The zero-order valence-electron chi connectivity index (χ0n) is 18.3. The van der Waals surface area contributed by atoms with Gasteiger partial charge in [0.2, 0.25) is 5.91 Å². The summed E-state index contributed by atoms with van der Waals surface area (Å²) in [6.07, 6.45) is 8.88. The fourth-order valence-electron chi connectivity index (χ4n) is 5.43. The number of aromatic nitrogens is 1. The number of fused-ring (bicyclic) bond motifs is 1. The first-order chi connectivity index (χ1) is 15.7. The van der Waals surface area contributed by atoms with Crippen molar-refractivity contribution in [2.24, 2.45) is 0 Å².